The SMILES string of the molecule is C[C@]1(C(N)=O)COc2c1cc(C(O)(CNC(=O)c1cc(NC(=O)NC3COC3)c3ncccc3c1)C(F)(F)F)nc2-c1ccc(F)cc1. The number of hydrogen-bond donors (Lipinski definition) is 5. The number of rotatable bonds is 8. The number of alkyl halides is 3. The molecule has 4 heterocycles. The lowest BCUT2D eigenvalue weighted by molar-refractivity contribution is -0.265. The van der Waals surface area contributed by atoms with E-state index < -0.39 is 53.1 Å². The number of primary amides is 1. The van der Waals surface area contributed by atoms with Crippen molar-refractivity contribution in [3.8, 4) is 17.0 Å². The van der Waals surface area contributed by atoms with Crippen molar-refractivity contribution in [2.24, 2.45) is 5.73 Å². The molecule has 6 rings (SSSR count). The lowest BCUT2D eigenvalue weighted by atomic mass is 9.81. The summed E-state index contributed by atoms with van der Waals surface area (Å²) in [4.78, 5) is 46.7. The highest BCUT2D eigenvalue weighted by molar-refractivity contribution is 6.05. The smallest absolute Gasteiger partial charge is 0.424 e. The Morgan fingerprint density at radius 2 is 1.83 bits per heavy atom. The van der Waals surface area contributed by atoms with Gasteiger partial charge in [-0.2, -0.15) is 13.2 Å². The number of carbonyl (C=O) groups is 3. The first-order chi connectivity index (χ1) is 22.7. The van der Waals surface area contributed by atoms with Crippen LogP contribution in [0.5, 0.6) is 5.75 Å². The first-order valence-electron chi connectivity index (χ1n) is 14.6. The monoisotopic (exact) mass is 668 g/mol. The van der Waals surface area contributed by atoms with Crippen LogP contribution in [0.3, 0.4) is 0 Å². The predicted octanol–water partition coefficient (Wildman–Crippen LogP) is 3.27. The minimum atomic E-state index is -5.41. The third kappa shape index (κ3) is 5.84. The molecule has 2 aromatic heterocycles. The molecule has 250 valence electrons. The summed E-state index contributed by atoms with van der Waals surface area (Å²) in [5, 5.41) is 19.1. The number of urea groups is 1. The molecule has 0 saturated carbocycles. The minimum Gasteiger partial charge on any atom is -0.489 e. The maximum atomic E-state index is 14.8. The van der Waals surface area contributed by atoms with Gasteiger partial charge in [0.25, 0.3) is 5.91 Å². The number of nitrogens with zero attached hydrogens (tertiary/aromatic N) is 2. The van der Waals surface area contributed by atoms with Gasteiger partial charge in [-0.1, -0.05) is 6.07 Å². The summed E-state index contributed by atoms with van der Waals surface area (Å²) in [6.45, 7) is 0.298. The molecule has 0 radical (unpaired) electrons. The van der Waals surface area contributed by atoms with Gasteiger partial charge in [-0.05, 0) is 55.5 Å². The standard InChI is InChI=1S/C32H28F4N6O6/c1-30(28(37)44)15-48-26-21(30)11-23(42-25(26)16-4-6-19(33)7-5-16)31(46,32(34,35)36)14-39-27(43)18-9-17-3-2-8-38-24(17)22(10-18)41-29(45)40-20-12-47-13-20/h2-11,20,46H,12-15H2,1H3,(H2,37,44)(H,39,43)(H2,40,41,45)/t30-,31?/m0/s1. The van der Waals surface area contributed by atoms with Crippen LogP contribution in [-0.2, 0) is 20.5 Å². The number of aromatic nitrogens is 2. The maximum Gasteiger partial charge on any atom is 0.424 e. The van der Waals surface area contributed by atoms with Crippen molar-refractivity contribution < 1.29 is 46.5 Å². The van der Waals surface area contributed by atoms with Gasteiger partial charge in [0, 0.05) is 28.3 Å². The number of amides is 4. The van der Waals surface area contributed by atoms with E-state index in [0.717, 1.165) is 18.2 Å². The van der Waals surface area contributed by atoms with Gasteiger partial charge in [0.15, 0.2) is 0 Å². The van der Waals surface area contributed by atoms with Gasteiger partial charge in [0.1, 0.15) is 29.3 Å². The second-order valence-electron chi connectivity index (χ2n) is 11.7. The highest BCUT2D eigenvalue weighted by atomic mass is 19.4. The van der Waals surface area contributed by atoms with Gasteiger partial charge in [-0.25, -0.2) is 14.2 Å². The summed E-state index contributed by atoms with van der Waals surface area (Å²) in [6.07, 6.45) is -3.94. The topological polar surface area (TPSA) is 178 Å². The van der Waals surface area contributed by atoms with E-state index in [-0.39, 0.29) is 46.5 Å². The number of benzene rings is 2. The van der Waals surface area contributed by atoms with E-state index in [1.807, 2.05) is 0 Å². The number of pyridine rings is 2. The van der Waals surface area contributed by atoms with E-state index in [4.69, 9.17) is 15.2 Å². The molecular formula is C32H28F4N6O6. The van der Waals surface area contributed by atoms with Crippen LogP contribution < -0.4 is 26.4 Å². The van der Waals surface area contributed by atoms with Crippen molar-refractivity contribution >= 4 is 34.4 Å². The fraction of sp³-hybridized carbons (Fsp3) is 0.281. The molecule has 2 aromatic carbocycles. The average Bonchev–Trinajstić information content (AvgIpc) is 3.38. The second kappa shape index (κ2) is 12.0. The second-order valence-corrected chi connectivity index (χ2v) is 11.7. The van der Waals surface area contributed by atoms with Crippen molar-refractivity contribution in [3.05, 3.63) is 83.4 Å². The highest BCUT2D eigenvalue weighted by Gasteiger charge is 2.57. The molecule has 4 aromatic rings. The van der Waals surface area contributed by atoms with E-state index in [1.54, 1.807) is 12.1 Å². The third-order valence-corrected chi connectivity index (χ3v) is 8.32. The molecule has 48 heavy (non-hydrogen) atoms. The fourth-order valence-corrected chi connectivity index (χ4v) is 5.33. The van der Waals surface area contributed by atoms with E-state index in [9.17, 15) is 37.1 Å². The number of aliphatic hydroxyl groups is 1. The number of ether oxygens (including phenoxy) is 2. The van der Waals surface area contributed by atoms with Crippen molar-refractivity contribution in [1.29, 1.82) is 0 Å². The van der Waals surface area contributed by atoms with Crippen molar-refractivity contribution in [2.75, 3.05) is 31.7 Å². The zero-order chi connectivity index (χ0) is 34.4. The van der Waals surface area contributed by atoms with Crippen LogP contribution in [0.2, 0.25) is 0 Å². The molecule has 0 aliphatic carbocycles. The van der Waals surface area contributed by atoms with Crippen LogP contribution >= 0.6 is 0 Å². The van der Waals surface area contributed by atoms with Crippen LogP contribution in [0, 0.1) is 5.82 Å². The van der Waals surface area contributed by atoms with Gasteiger partial charge in [-0.15, -0.1) is 0 Å². The number of fused-ring (bicyclic) bond motifs is 2. The molecule has 4 amide bonds. The molecule has 1 saturated heterocycles. The molecule has 16 heteroatoms. The van der Waals surface area contributed by atoms with Gasteiger partial charge in [0.05, 0.1) is 42.7 Å². The molecule has 2 aliphatic rings. The Labute approximate surface area is 269 Å². The van der Waals surface area contributed by atoms with Gasteiger partial charge in [-0.3, -0.25) is 14.6 Å². The Hall–Kier alpha value is -5.35. The number of nitrogens with one attached hydrogen (secondary N) is 3. The van der Waals surface area contributed by atoms with Crippen LogP contribution in [0.1, 0.15) is 28.5 Å². The maximum absolute atomic E-state index is 14.8. The Morgan fingerprint density at radius 1 is 1.10 bits per heavy atom. The Morgan fingerprint density at radius 3 is 2.48 bits per heavy atom. The average molecular weight is 669 g/mol. The van der Waals surface area contributed by atoms with Crippen LogP contribution in [0.25, 0.3) is 22.2 Å². The summed E-state index contributed by atoms with van der Waals surface area (Å²) in [5.41, 5.74) is -0.613. The number of nitrogens with two attached hydrogens (primary N) is 1. The lowest BCUT2D eigenvalue weighted by Crippen LogP contribution is -2.52. The fourth-order valence-electron chi connectivity index (χ4n) is 5.33. The summed E-state index contributed by atoms with van der Waals surface area (Å²) < 4.78 is 68.8. The Kier molecular flexibility index (Phi) is 8.16. The van der Waals surface area contributed by atoms with Crippen molar-refractivity contribution in [3.63, 3.8) is 0 Å². The molecule has 1 fully saturated rings. The first kappa shape index (κ1) is 32.6. The van der Waals surface area contributed by atoms with E-state index >= 15 is 0 Å². The molecule has 2 atom stereocenters. The molecule has 2 aliphatic heterocycles. The quantitative estimate of drug-likeness (QED) is 0.178. The summed E-state index contributed by atoms with van der Waals surface area (Å²) in [6, 6.07) is 10.4. The third-order valence-electron chi connectivity index (χ3n) is 8.32. The Balaban J connectivity index is 1.36. The zero-order valence-corrected chi connectivity index (χ0v) is 25.2. The number of hydrogen-bond acceptors (Lipinski definition) is 8. The van der Waals surface area contributed by atoms with Gasteiger partial charge < -0.3 is 36.3 Å². The predicted molar refractivity (Wildman–Crippen MR) is 162 cm³/mol. The minimum absolute atomic E-state index is 0.0566. The molecule has 6 N–H and O–H groups in total. The van der Waals surface area contributed by atoms with Gasteiger partial charge in [0.2, 0.25) is 11.5 Å². The van der Waals surface area contributed by atoms with E-state index in [1.165, 1.54) is 37.4 Å². The van der Waals surface area contributed by atoms with Gasteiger partial charge >= 0.3 is 12.2 Å². The van der Waals surface area contributed by atoms with Crippen molar-refractivity contribution in [1.82, 2.24) is 20.6 Å². The normalized spacial score (nSPS) is 18.6. The van der Waals surface area contributed by atoms with E-state index in [2.05, 4.69) is 25.9 Å². The van der Waals surface area contributed by atoms with Crippen LogP contribution in [0.15, 0.2) is 60.8 Å². The molecular weight excluding hydrogens is 640 g/mol. The zero-order valence-electron chi connectivity index (χ0n) is 25.2. The summed E-state index contributed by atoms with van der Waals surface area (Å²) in [7, 11) is 0. The first-order valence-corrected chi connectivity index (χ1v) is 14.6. The van der Waals surface area contributed by atoms with E-state index in [0.29, 0.717) is 24.1 Å². The lowest BCUT2D eigenvalue weighted by Gasteiger charge is -2.31. The molecule has 1 unspecified atom stereocenters. The molecule has 12 nitrogen and oxygen atoms in total. The van der Waals surface area contributed by atoms with Crippen LogP contribution in [-0.4, -0.2) is 71.5 Å². The number of carbonyl (C=O) groups excluding carboxylic acids is 3. The largest absolute Gasteiger partial charge is 0.489 e. The number of anilines is 1. The number of halogens is 4. The Bertz CT molecular complexity index is 1940. The van der Waals surface area contributed by atoms with Crippen LogP contribution in [0.4, 0.5) is 28.0 Å². The molecule has 0 spiro atoms. The van der Waals surface area contributed by atoms with Crippen molar-refractivity contribution in [2.45, 2.75) is 30.2 Å². The summed E-state index contributed by atoms with van der Waals surface area (Å²) in [5.74, 6) is -2.61. The molecule has 0 bridgehead atoms. The highest BCUT2D eigenvalue weighted by Crippen LogP contribution is 2.47. The summed E-state index contributed by atoms with van der Waals surface area (Å²) >= 11 is 0.